The normalized spacial score (nSPS) is 18.1. The second kappa shape index (κ2) is 8.28. The number of alkyl halides is 3. The molecule has 2 rings (SSSR count). The monoisotopic (exact) mass is 400 g/mol. The summed E-state index contributed by atoms with van der Waals surface area (Å²) in [5.74, 6) is -1.59. The number of carbonyl (C=O) groups excluding carboxylic acids is 1. The van der Waals surface area contributed by atoms with Gasteiger partial charge in [-0.2, -0.15) is 13.2 Å². The molecule has 0 radical (unpaired) electrons. The molecule has 0 aliphatic carbocycles. The number of rotatable bonds is 6. The van der Waals surface area contributed by atoms with Crippen molar-refractivity contribution in [3.63, 3.8) is 0 Å². The van der Waals surface area contributed by atoms with Crippen molar-refractivity contribution in [3.8, 4) is 0 Å². The van der Waals surface area contributed by atoms with Crippen LogP contribution in [0.15, 0.2) is 34.9 Å². The number of ether oxygens (including phenoxy) is 1. The molecule has 0 fully saturated rings. The molecule has 2 unspecified atom stereocenters. The average Bonchev–Trinajstić information content (AvgIpc) is 2.58. The number of hydrogen-bond acceptors (Lipinski definition) is 6. The lowest BCUT2D eigenvalue weighted by molar-refractivity contribution is -0.166. The van der Waals surface area contributed by atoms with E-state index in [9.17, 15) is 27.9 Å². The molecule has 0 saturated heterocycles. The number of pyridine rings is 1. The molecule has 1 aromatic rings. The molecule has 1 aliphatic rings. The first-order chi connectivity index (χ1) is 13.0. The summed E-state index contributed by atoms with van der Waals surface area (Å²) in [6, 6.07) is 1.38. The van der Waals surface area contributed by atoms with E-state index in [1.165, 1.54) is 24.9 Å². The van der Waals surface area contributed by atoms with Crippen LogP contribution in [0.4, 0.5) is 19.0 Å². The van der Waals surface area contributed by atoms with Crippen LogP contribution in [-0.4, -0.2) is 51.9 Å². The number of hydrogen-bond donors (Lipinski definition) is 2. The van der Waals surface area contributed by atoms with E-state index >= 15 is 0 Å². The van der Waals surface area contributed by atoms with Gasteiger partial charge in [-0.05, 0) is 31.5 Å². The highest BCUT2D eigenvalue weighted by molar-refractivity contribution is 5.94. The summed E-state index contributed by atoms with van der Waals surface area (Å²) in [5, 5.41) is 12.0. The molecule has 8 nitrogen and oxygen atoms in total. The summed E-state index contributed by atoms with van der Waals surface area (Å²) in [6.45, 7) is 2.88. The van der Waals surface area contributed by atoms with Gasteiger partial charge in [-0.1, -0.05) is 0 Å². The Morgan fingerprint density at radius 3 is 2.68 bits per heavy atom. The molecule has 2 atom stereocenters. The van der Waals surface area contributed by atoms with E-state index < -0.39 is 30.8 Å². The number of nitrogens with zero attached hydrogens (tertiary/aromatic N) is 3. The second-order valence-corrected chi connectivity index (χ2v) is 6.09. The van der Waals surface area contributed by atoms with Gasteiger partial charge in [0, 0.05) is 19.3 Å². The third-order valence-electron chi connectivity index (χ3n) is 3.94. The number of amides is 1. The fourth-order valence-corrected chi connectivity index (χ4v) is 2.74. The minimum absolute atomic E-state index is 0.143. The number of carboxylic acid groups (broad SMARTS) is 1. The number of aliphatic carboxylic acids is 1. The van der Waals surface area contributed by atoms with Crippen molar-refractivity contribution < 1.29 is 32.6 Å². The molecule has 1 aromatic heterocycles. The minimum Gasteiger partial charge on any atom is -0.479 e. The Labute approximate surface area is 158 Å². The molecule has 0 spiro atoms. The molecule has 0 bridgehead atoms. The molecule has 28 heavy (non-hydrogen) atoms. The number of carboxylic acids is 1. The SMILES string of the molecule is CC(=O)Nc1cc(C(C)N2C(C)=C(OCC(F)(F)F)N=CC2C(=O)O)ccn1. The zero-order valence-corrected chi connectivity index (χ0v) is 15.3. The highest BCUT2D eigenvalue weighted by Gasteiger charge is 2.35. The first-order valence-electron chi connectivity index (χ1n) is 8.19. The maximum atomic E-state index is 12.5. The van der Waals surface area contributed by atoms with Gasteiger partial charge < -0.3 is 20.1 Å². The molecular formula is C17H19F3N4O4. The third kappa shape index (κ3) is 5.21. The summed E-state index contributed by atoms with van der Waals surface area (Å²) in [4.78, 5) is 32.0. The zero-order valence-electron chi connectivity index (χ0n) is 15.3. The lowest BCUT2D eigenvalue weighted by Crippen LogP contribution is -2.45. The fraction of sp³-hybridized carbons (Fsp3) is 0.412. The lowest BCUT2D eigenvalue weighted by Gasteiger charge is -2.37. The Morgan fingerprint density at radius 2 is 2.11 bits per heavy atom. The van der Waals surface area contributed by atoms with E-state index in [2.05, 4.69) is 15.3 Å². The quantitative estimate of drug-likeness (QED) is 0.761. The topological polar surface area (TPSA) is 104 Å². The highest BCUT2D eigenvalue weighted by atomic mass is 19.4. The Kier molecular flexibility index (Phi) is 6.26. The molecule has 1 aliphatic heterocycles. The Bertz CT molecular complexity index is 823. The number of carbonyl (C=O) groups is 2. The van der Waals surface area contributed by atoms with Crippen molar-refractivity contribution in [2.24, 2.45) is 4.99 Å². The van der Waals surface area contributed by atoms with Crippen LogP contribution in [0.3, 0.4) is 0 Å². The summed E-state index contributed by atoms with van der Waals surface area (Å²) in [7, 11) is 0. The van der Waals surface area contributed by atoms with E-state index in [1.54, 1.807) is 19.1 Å². The maximum absolute atomic E-state index is 12.5. The van der Waals surface area contributed by atoms with Gasteiger partial charge in [0.2, 0.25) is 11.8 Å². The first kappa shape index (κ1) is 21.2. The van der Waals surface area contributed by atoms with E-state index in [4.69, 9.17) is 4.74 Å². The molecule has 2 N–H and O–H groups in total. The van der Waals surface area contributed by atoms with Gasteiger partial charge in [-0.3, -0.25) is 4.79 Å². The molecule has 0 aromatic carbocycles. The Hall–Kier alpha value is -3.11. The molecule has 11 heteroatoms. The van der Waals surface area contributed by atoms with Gasteiger partial charge in [-0.25, -0.2) is 14.8 Å². The molecule has 2 heterocycles. The zero-order chi connectivity index (χ0) is 21.1. The molecule has 0 saturated carbocycles. The predicted octanol–water partition coefficient (Wildman–Crippen LogP) is 2.71. The van der Waals surface area contributed by atoms with Crippen LogP contribution in [0, 0.1) is 0 Å². The van der Waals surface area contributed by atoms with Crippen molar-refractivity contribution in [2.75, 3.05) is 11.9 Å². The number of allylic oxidation sites excluding steroid dienone is 1. The van der Waals surface area contributed by atoms with Gasteiger partial charge in [0.05, 0.1) is 11.7 Å². The van der Waals surface area contributed by atoms with E-state index in [0.717, 1.165) is 6.21 Å². The molecular weight excluding hydrogens is 381 g/mol. The van der Waals surface area contributed by atoms with Crippen molar-refractivity contribution in [3.05, 3.63) is 35.5 Å². The summed E-state index contributed by atoms with van der Waals surface area (Å²) >= 11 is 0. The van der Waals surface area contributed by atoms with Gasteiger partial charge in [0.1, 0.15) is 5.82 Å². The predicted molar refractivity (Wildman–Crippen MR) is 93.4 cm³/mol. The van der Waals surface area contributed by atoms with Gasteiger partial charge in [0.25, 0.3) is 0 Å². The fourth-order valence-electron chi connectivity index (χ4n) is 2.74. The number of anilines is 1. The van der Waals surface area contributed by atoms with Crippen LogP contribution in [-0.2, 0) is 14.3 Å². The lowest BCUT2D eigenvalue weighted by atomic mass is 10.0. The second-order valence-electron chi connectivity index (χ2n) is 6.09. The molecule has 152 valence electrons. The summed E-state index contributed by atoms with van der Waals surface area (Å²) < 4.78 is 42.1. The van der Waals surface area contributed by atoms with E-state index in [1.807, 2.05) is 0 Å². The van der Waals surface area contributed by atoms with Crippen LogP contribution in [0.5, 0.6) is 0 Å². The number of nitrogens with one attached hydrogen (secondary N) is 1. The summed E-state index contributed by atoms with van der Waals surface area (Å²) in [6.07, 6.45) is -2.10. The number of halogens is 3. The summed E-state index contributed by atoms with van der Waals surface area (Å²) in [5.41, 5.74) is 0.736. The van der Waals surface area contributed by atoms with Gasteiger partial charge in [0.15, 0.2) is 12.6 Å². The molecule has 1 amide bonds. The van der Waals surface area contributed by atoms with Crippen molar-refractivity contribution in [1.82, 2.24) is 9.88 Å². The maximum Gasteiger partial charge on any atom is 0.422 e. The number of aromatic nitrogens is 1. The van der Waals surface area contributed by atoms with Crippen LogP contribution >= 0.6 is 0 Å². The van der Waals surface area contributed by atoms with E-state index in [-0.39, 0.29) is 23.3 Å². The van der Waals surface area contributed by atoms with Crippen LogP contribution in [0.2, 0.25) is 0 Å². The van der Waals surface area contributed by atoms with Gasteiger partial charge in [-0.15, -0.1) is 0 Å². The van der Waals surface area contributed by atoms with Crippen LogP contribution in [0.25, 0.3) is 0 Å². The van der Waals surface area contributed by atoms with Crippen LogP contribution < -0.4 is 5.32 Å². The van der Waals surface area contributed by atoms with E-state index in [0.29, 0.717) is 5.56 Å². The minimum atomic E-state index is -4.55. The van der Waals surface area contributed by atoms with Crippen LogP contribution in [0.1, 0.15) is 32.4 Å². The Morgan fingerprint density at radius 1 is 1.43 bits per heavy atom. The standard InChI is InChI=1S/C17H19F3N4O4/c1-9(12-4-5-21-14(6-12)23-11(3)25)24-10(2)15(28-8-17(18,19)20)22-7-13(24)16(26)27/h4-7,9,13H,8H2,1-3H3,(H,26,27)(H,21,23,25). The third-order valence-corrected chi connectivity index (χ3v) is 3.94. The largest absolute Gasteiger partial charge is 0.479 e. The van der Waals surface area contributed by atoms with Gasteiger partial charge >= 0.3 is 12.1 Å². The van der Waals surface area contributed by atoms with Crippen molar-refractivity contribution >= 4 is 23.9 Å². The van der Waals surface area contributed by atoms with Crippen molar-refractivity contribution in [2.45, 2.75) is 39.0 Å². The smallest absolute Gasteiger partial charge is 0.422 e. The first-order valence-corrected chi connectivity index (χ1v) is 8.19. The highest BCUT2D eigenvalue weighted by Crippen LogP contribution is 2.32. The van der Waals surface area contributed by atoms with Crippen molar-refractivity contribution in [1.29, 1.82) is 0 Å². The average molecular weight is 400 g/mol. The Balaban J connectivity index is 2.37. The number of aliphatic imine (C=N–C) groups is 1.